The van der Waals surface area contributed by atoms with Crippen LogP contribution in [0.1, 0.15) is 39.5 Å². The molecule has 0 radical (unpaired) electrons. The smallest absolute Gasteiger partial charge is 0.167 e. The summed E-state index contributed by atoms with van der Waals surface area (Å²) in [5.74, 6) is 0.414. The largest absolute Gasteiger partial charge is 0.381 e. The van der Waals surface area contributed by atoms with Gasteiger partial charge in [-0.1, -0.05) is 13.8 Å². The molecule has 3 nitrogen and oxygen atoms in total. The summed E-state index contributed by atoms with van der Waals surface area (Å²) in [6.07, 6.45) is 3.22. The van der Waals surface area contributed by atoms with E-state index in [1.165, 1.54) is 0 Å². The third-order valence-electron chi connectivity index (χ3n) is 3.57. The normalized spacial score (nSPS) is 19.1. The molecule has 0 aliphatic carbocycles. The van der Waals surface area contributed by atoms with Crippen LogP contribution in [0.4, 0.5) is 0 Å². The minimum atomic E-state index is -0.554. The van der Waals surface area contributed by atoms with Crippen molar-refractivity contribution in [2.75, 3.05) is 20.3 Å². The Bertz CT molecular complexity index is 195. The summed E-state index contributed by atoms with van der Waals surface area (Å²) in [5, 5.41) is 0. The summed E-state index contributed by atoms with van der Waals surface area (Å²) in [7, 11) is 1.64. The molecule has 0 bridgehead atoms. The number of ketones is 1. The minimum Gasteiger partial charge on any atom is -0.381 e. The Morgan fingerprint density at radius 3 is 2.27 bits per heavy atom. The van der Waals surface area contributed by atoms with Crippen molar-refractivity contribution in [3.05, 3.63) is 0 Å². The van der Waals surface area contributed by atoms with Gasteiger partial charge in [-0.15, -0.1) is 0 Å². The molecule has 0 amide bonds. The lowest BCUT2D eigenvalue weighted by Crippen LogP contribution is -2.44. The average molecular weight is 214 g/mol. The van der Waals surface area contributed by atoms with Gasteiger partial charge in [0.1, 0.15) is 5.60 Å². The molecular weight excluding hydrogens is 192 g/mol. The van der Waals surface area contributed by atoms with Gasteiger partial charge in [0.25, 0.3) is 0 Å². The zero-order valence-corrected chi connectivity index (χ0v) is 10.0. The van der Waals surface area contributed by atoms with Crippen molar-refractivity contribution in [1.29, 1.82) is 0 Å². The quantitative estimate of drug-likeness (QED) is 0.703. The van der Waals surface area contributed by atoms with Crippen LogP contribution in [-0.2, 0) is 14.3 Å². The van der Waals surface area contributed by atoms with Gasteiger partial charge in [0.05, 0.1) is 0 Å². The number of hydrogen-bond donors (Lipinski definition) is 0. The molecule has 88 valence electrons. The molecule has 1 heterocycles. The summed E-state index contributed by atoms with van der Waals surface area (Å²) in [6.45, 7) is 5.46. The molecule has 15 heavy (non-hydrogen) atoms. The second-order valence-electron chi connectivity index (χ2n) is 4.16. The first-order chi connectivity index (χ1) is 7.20. The first kappa shape index (κ1) is 12.7. The van der Waals surface area contributed by atoms with E-state index >= 15 is 0 Å². The molecular formula is C12H22O3. The lowest BCUT2D eigenvalue weighted by Gasteiger charge is -2.33. The van der Waals surface area contributed by atoms with Gasteiger partial charge in [-0.25, -0.2) is 0 Å². The van der Waals surface area contributed by atoms with Crippen LogP contribution in [0, 0.1) is 5.92 Å². The van der Waals surface area contributed by atoms with E-state index in [4.69, 9.17) is 9.47 Å². The molecule has 0 spiro atoms. The highest BCUT2D eigenvalue weighted by Crippen LogP contribution is 2.29. The topological polar surface area (TPSA) is 35.5 Å². The molecule has 0 aromatic carbocycles. The van der Waals surface area contributed by atoms with Crippen molar-refractivity contribution in [2.24, 2.45) is 5.92 Å². The van der Waals surface area contributed by atoms with Crippen molar-refractivity contribution >= 4 is 5.78 Å². The second-order valence-corrected chi connectivity index (χ2v) is 4.16. The van der Waals surface area contributed by atoms with Crippen molar-refractivity contribution in [2.45, 2.75) is 45.1 Å². The molecule has 1 aliphatic heterocycles. The first-order valence-corrected chi connectivity index (χ1v) is 5.87. The summed E-state index contributed by atoms with van der Waals surface area (Å²) < 4.78 is 10.7. The Hall–Kier alpha value is -0.410. The Morgan fingerprint density at radius 1 is 1.33 bits per heavy atom. The van der Waals surface area contributed by atoms with E-state index in [0.717, 1.165) is 25.7 Å². The van der Waals surface area contributed by atoms with Gasteiger partial charge in [-0.2, -0.15) is 0 Å². The predicted molar refractivity (Wildman–Crippen MR) is 58.9 cm³/mol. The number of ether oxygens (including phenoxy) is 2. The van der Waals surface area contributed by atoms with Crippen LogP contribution in [0.5, 0.6) is 0 Å². The summed E-state index contributed by atoms with van der Waals surface area (Å²) in [4.78, 5) is 12.3. The first-order valence-electron chi connectivity index (χ1n) is 5.87. The van der Waals surface area contributed by atoms with Crippen molar-refractivity contribution in [3.8, 4) is 0 Å². The predicted octanol–water partition coefficient (Wildman–Crippen LogP) is 2.19. The van der Waals surface area contributed by atoms with E-state index in [0.29, 0.717) is 13.2 Å². The molecule has 1 rings (SSSR count). The Balaban J connectivity index is 2.70. The van der Waals surface area contributed by atoms with Gasteiger partial charge in [-0.05, 0) is 25.7 Å². The number of methoxy groups -OCH3 is 1. The lowest BCUT2D eigenvalue weighted by molar-refractivity contribution is -0.149. The summed E-state index contributed by atoms with van der Waals surface area (Å²) >= 11 is 0. The van der Waals surface area contributed by atoms with Crippen LogP contribution in [0.2, 0.25) is 0 Å². The fourth-order valence-electron chi connectivity index (χ4n) is 2.32. The van der Waals surface area contributed by atoms with Gasteiger partial charge in [0.2, 0.25) is 0 Å². The molecule has 1 aliphatic rings. The minimum absolute atomic E-state index is 0.138. The maximum Gasteiger partial charge on any atom is 0.167 e. The van der Waals surface area contributed by atoms with Crippen LogP contribution < -0.4 is 0 Å². The molecule has 0 saturated carbocycles. The molecule has 3 heteroatoms. The van der Waals surface area contributed by atoms with E-state index in [2.05, 4.69) is 0 Å². The molecule has 0 atom stereocenters. The number of carbonyl (C=O) groups excluding carboxylic acids is 1. The second kappa shape index (κ2) is 5.61. The van der Waals surface area contributed by atoms with Crippen LogP contribution in [0.25, 0.3) is 0 Å². The number of rotatable bonds is 5. The van der Waals surface area contributed by atoms with Crippen LogP contribution >= 0.6 is 0 Å². The number of carbonyl (C=O) groups is 1. The Labute approximate surface area is 92.1 Å². The van der Waals surface area contributed by atoms with E-state index < -0.39 is 5.60 Å². The highest BCUT2D eigenvalue weighted by atomic mass is 16.5. The third-order valence-corrected chi connectivity index (χ3v) is 3.57. The van der Waals surface area contributed by atoms with Crippen molar-refractivity contribution < 1.29 is 14.3 Å². The highest BCUT2D eigenvalue weighted by Gasteiger charge is 2.39. The average Bonchev–Trinajstić information content (AvgIpc) is 2.33. The summed E-state index contributed by atoms with van der Waals surface area (Å²) in [5.41, 5.74) is -0.554. The maximum atomic E-state index is 12.3. The standard InChI is InChI=1S/C12H22O3/c1-4-12(5-2,14-3)11(13)10-6-8-15-9-7-10/h10H,4-9H2,1-3H3. The molecule has 0 N–H and O–H groups in total. The fourth-order valence-corrected chi connectivity index (χ4v) is 2.32. The Kier molecular flexibility index (Phi) is 4.74. The maximum absolute atomic E-state index is 12.3. The van der Waals surface area contributed by atoms with E-state index in [1.54, 1.807) is 7.11 Å². The monoisotopic (exact) mass is 214 g/mol. The highest BCUT2D eigenvalue weighted by molar-refractivity contribution is 5.89. The molecule has 0 unspecified atom stereocenters. The third kappa shape index (κ3) is 2.58. The number of hydrogen-bond acceptors (Lipinski definition) is 3. The van der Waals surface area contributed by atoms with Gasteiger partial charge >= 0.3 is 0 Å². The SMILES string of the molecule is CCC(CC)(OC)C(=O)C1CCOCC1. The van der Waals surface area contributed by atoms with Gasteiger partial charge in [0, 0.05) is 26.2 Å². The molecule has 1 fully saturated rings. The zero-order chi connectivity index (χ0) is 11.3. The van der Waals surface area contributed by atoms with E-state index in [-0.39, 0.29) is 11.7 Å². The molecule has 1 saturated heterocycles. The fraction of sp³-hybridized carbons (Fsp3) is 0.917. The van der Waals surface area contributed by atoms with E-state index in [9.17, 15) is 4.79 Å². The Morgan fingerprint density at radius 2 is 1.87 bits per heavy atom. The van der Waals surface area contributed by atoms with E-state index in [1.807, 2.05) is 13.8 Å². The van der Waals surface area contributed by atoms with Gasteiger partial charge < -0.3 is 9.47 Å². The zero-order valence-electron chi connectivity index (χ0n) is 10.0. The van der Waals surface area contributed by atoms with Crippen LogP contribution in [-0.4, -0.2) is 31.7 Å². The molecule has 0 aromatic heterocycles. The summed E-state index contributed by atoms with van der Waals surface area (Å²) in [6, 6.07) is 0. The van der Waals surface area contributed by atoms with Gasteiger partial charge in [-0.3, -0.25) is 4.79 Å². The number of Topliss-reactive ketones (excluding diaryl/α,β-unsaturated/α-hetero) is 1. The molecule has 0 aromatic rings. The van der Waals surface area contributed by atoms with Crippen LogP contribution in [0.3, 0.4) is 0 Å². The van der Waals surface area contributed by atoms with Crippen molar-refractivity contribution in [1.82, 2.24) is 0 Å². The lowest BCUT2D eigenvalue weighted by atomic mass is 9.81. The van der Waals surface area contributed by atoms with Gasteiger partial charge in [0.15, 0.2) is 5.78 Å². The van der Waals surface area contributed by atoms with Crippen molar-refractivity contribution in [3.63, 3.8) is 0 Å². The van der Waals surface area contributed by atoms with Crippen LogP contribution in [0.15, 0.2) is 0 Å².